The number of aromatic nitrogens is 2. The van der Waals surface area contributed by atoms with Crippen LogP contribution in [0.2, 0.25) is 0 Å². The molecule has 0 bridgehead atoms. The smallest absolute Gasteiger partial charge is 0.331 e. The number of carbonyl (C=O) groups is 2. The van der Waals surface area contributed by atoms with Gasteiger partial charge in [-0.05, 0) is 55.3 Å². The van der Waals surface area contributed by atoms with E-state index in [2.05, 4.69) is 10.4 Å². The lowest BCUT2D eigenvalue weighted by Gasteiger charge is -2.12. The molecule has 1 aliphatic rings. The van der Waals surface area contributed by atoms with Crippen molar-refractivity contribution in [2.24, 2.45) is 5.92 Å². The van der Waals surface area contributed by atoms with E-state index in [1.54, 1.807) is 22.1 Å². The minimum absolute atomic E-state index is 0.129. The number of nitrogens with zero attached hydrogens (tertiary/aromatic N) is 2. The van der Waals surface area contributed by atoms with Gasteiger partial charge in [-0.2, -0.15) is 5.10 Å². The summed E-state index contributed by atoms with van der Waals surface area (Å²) in [5.74, 6) is -0.275. The molecular formula is C23H23N3O3S. The van der Waals surface area contributed by atoms with Crippen LogP contribution in [0, 0.1) is 5.92 Å². The van der Waals surface area contributed by atoms with Gasteiger partial charge in [0.25, 0.3) is 5.91 Å². The molecule has 3 aromatic rings. The van der Waals surface area contributed by atoms with Gasteiger partial charge in [0.15, 0.2) is 6.61 Å². The van der Waals surface area contributed by atoms with Crippen molar-refractivity contribution in [2.75, 3.05) is 6.61 Å². The highest BCUT2D eigenvalue weighted by Gasteiger charge is 2.28. The Morgan fingerprint density at radius 2 is 2.07 bits per heavy atom. The molecule has 0 aliphatic heterocycles. The molecule has 2 aromatic heterocycles. The van der Waals surface area contributed by atoms with Crippen molar-refractivity contribution in [1.29, 1.82) is 0 Å². The van der Waals surface area contributed by atoms with Crippen molar-refractivity contribution in [1.82, 2.24) is 15.1 Å². The van der Waals surface area contributed by atoms with E-state index in [0.717, 1.165) is 34.7 Å². The predicted octanol–water partition coefficient (Wildman–Crippen LogP) is 4.07. The largest absolute Gasteiger partial charge is 0.452 e. The van der Waals surface area contributed by atoms with Crippen LogP contribution in [0.3, 0.4) is 0 Å². The van der Waals surface area contributed by atoms with Crippen molar-refractivity contribution in [3.8, 4) is 16.3 Å². The fraction of sp³-hybridized carbons (Fsp3) is 0.261. The maximum absolute atomic E-state index is 12.1. The zero-order chi connectivity index (χ0) is 20.9. The molecule has 1 atom stereocenters. The Balaban J connectivity index is 1.43. The van der Waals surface area contributed by atoms with Gasteiger partial charge in [-0.15, -0.1) is 11.3 Å². The number of carbonyl (C=O) groups excluding carboxylic acids is 2. The van der Waals surface area contributed by atoms with Crippen molar-refractivity contribution in [2.45, 2.75) is 25.8 Å². The van der Waals surface area contributed by atoms with Crippen LogP contribution in [0.1, 0.15) is 25.3 Å². The van der Waals surface area contributed by atoms with Gasteiger partial charge in [0.2, 0.25) is 0 Å². The van der Waals surface area contributed by atoms with Crippen molar-refractivity contribution in [3.05, 3.63) is 65.7 Å². The van der Waals surface area contributed by atoms with Gasteiger partial charge < -0.3 is 10.1 Å². The maximum Gasteiger partial charge on any atom is 0.331 e. The van der Waals surface area contributed by atoms with Gasteiger partial charge in [-0.1, -0.05) is 24.3 Å². The fourth-order valence-electron chi connectivity index (χ4n) is 3.18. The van der Waals surface area contributed by atoms with E-state index >= 15 is 0 Å². The van der Waals surface area contributed by atoms with Gasteiger partial charge in [-0.3, -0.25) is 4.79 Å². The van der Waals surface area contributed by atoms with Crippen LogP contribution in [-0.4, -0.2) is 34.3 Å². The highest BCUT2D eigenvalue weighted by atomic mass is 32.1. The summed E-state index contributed by atoms with van der Waals surface area (Å²) >= 11 is 1.58. The number of nitrogens with one attached hydrogen (secondary N) is 1. The summed E-state index contributed by atoms with van der Waals surface area (Å²) in [4.78, 5) is 25.0. The summed E-state index contributed by atoms with van der Waals surface area (Å²) < 4.78 is 6.87. The minimum atomic E-state index is -0.561. The van der Waals surface area contributed by atoms with Crippen molar-refractivity contribution < 1.29 is 14.3 Å². The molecule has 1 N–H and O–H groups in total. The van der Waals surface area contributed by atoms with Gasteiger partial charge in [-0.25, -0.2) is 9.48 Å². The lowest BCUT2D eigenvalue weighted by atomic mass is 10.2. The van der Waals surface area contributed by atoms with E-state index in [1.807, 2.05) is 61.0 Å². The van der Waals surface area contributed by atoms with Crippen LogP contribution < -0.4 is 5.32 Å². The zero-order valence-electron chi connectivity index (χ0n) is 16.7. The van der Waals surface area contributed by atoms with Crippen LogP contribution in [0.5, 0.6) is 0 Å². The molecule has 1 amide bonds. The molecule has 30 heavy (non-hydrogen) atoms. The first-order valence-corrected chi connectivity index (χ1v) is 10.8. The fourth-order valence-corrected chi connectivity index (χ4v) is 3.91. The monoisotopic (exact) mass is 421 g/mol. The molecular weight excluding hydrogens is 398 g/mol. The number of esters is 1. The first kappa shape index (κ1) is 20.1. The first-order valence-electron chi connectivity index (χ1n) is 9.93. The van der Waals surface area contributed by atoms with E-state index in [1.165, 1.54) is 6.08 Å². The SMILES string of the molecule is C[C@H](NC(=O)COC(=O)/C=C/c1cn(-c2ccccc2)nc1-c1cccs1)C1CC1. The van der Waals surface area contributed by atoms with Gasteiger partial charge in [0, 0.05) is 23.9 Å². The van der Waals surface area contributed by atoms with E-state index in [0.29, 0.717) is 5.92 Å². The number of amides is 1. The zero-order valence-corrected chi connectivity index (χ0v) is 17.5. The van der Waals surface area contributed by atoms with E-state index < -0.39 is 5.97 Å². The number of rotatable bonds is 8. The van der Waals surface area contributed by atoms with Crippen LogP contribution in [0.4, 0.5) is 0 Å². The second-order valence-electron chi connectivity index (χ2n) is 7.33. The highest BCUT2D eigenvalue weighted by Crippen LogP contribution is 2.32. The molecule has 6 nitrogen and oxygen atoms in total. The molecule has 0 saturated heterocycles. The van der Waals surface area contributed by atoms with Gasteiger partial charge in [0.05, 0.1) is 10.6 Å². The lowest BCUT2D eigenvalue weighted by molar-refractivity contribution is -0.144. The normalized spacial score (nSPS) is 14.6. The van der Waals surface area contributed by atoms with Crippen molar-refractivity contribution >= 4 is 29.3 Å². The molecule has 0 unspecified atom stereocenters. The Morgan fingerprint density at radius 1 is 1.27 bits per heavy atom. The third-order valence-corrected chi connectivity index (χ3v) is 5.86. The molecule has 2 heterocycles. The Labute approximate surface area is 179 Å². The second-order valence-corrected chi connectivity index (χ2v) is 8.27. The molecule has 0 spiro atoms. The second kappa shape index (κ2) is 9.09. The molecule has 154 valence electrons. The first-order chi connectivity index (χ1) is 14.6. The third-order valence-electron chi connectivity index (χ3n) is 4.98. The van der Waals surface area contributed by atoms with Crippen molar-refractivity contribution in [3.63, 3.8) is 0 Å². The number of ether oxygens (including phenoxy) is 1. The number of hydrogen-bond acceptors (Lipinski definition) is 5. The van der Waals surface area contributed by atoms with Crippen LogP contribution in [-0.2, 0) is 14.3 Å². The standard InChI is InChI=1S/C23H23N3O3S/c1-16(17-9-10-17)24-21(27)15-29-22(28)12-11-18-14-26(19-6-3-2-4-7-19)25-23(18)20-8-5-13-30-20/h2-8,11-14,16-17H,9-10,15H2,1H3,(H,24,27)/b12-11+/t16-/m0/s1. The molecule has 1 aliphatic carbocycles. The minimum Gasteiger partial charge on any atom is -0.452 e. The lowest BCUT2D eigenvalue weighted by Crippen LogP contribution is -2.36. The molecule has 1 aromatic carbocycles. The summed E-state index contributed by atoms with van der Waals surface area (Å²) in [7, 11) is 0. The molecule has 0 radical (unpaired) electrons. The Hall–Kier alpha value is -3.19. The highest BCUT2D eigenvalue weighted by molar-refractivity contribution is 7.13. The summed E-state index contributed by atoms with van der Waals surface area (Å²) in [6.07, 6.45) is 7.17. The number of para-hydroxylation sites is 1. The summed E-state index contributed by atoms with van der Waals surface area (Å²) in [5, 5.41) is 9.54. The Bertz CT molecular complexity index is 1040. The average molecular weight is 422 g/mol. The molecule has 1 saturated carbocycles. The van der Waals surface area contributed by atoms with Crippen LogP contribution in [0.25, 0.3) is 22.3 Å². The Kier molecular flexibility index (Phi) is 6.09. The van der Waals surface area contributed by atoms with Crippen LogP contribution in [0.15, 0.2) is 60.1 Å². The molecule has 7 heteroatoms. The van der Waals surface area contributed by atoms with E-state index in [9.17, 15) is 9.59 Å². The average Bonchev–Trinajstić information content (AvgIpc) is 3.30. The number of thiophene rings is 1. The van der Waals surface area contributed by atoms with E-state index in [4.69, 9.17) is 4.74 Å². The number of hydrogen-bond donors (Lipinski definition) is 1. The Morgan fingerprint density at radius 3 is 2.77 bits per heavy atom. The topological polar surface area (TPSA) is 73.2 Å². The van der Waals surface area contributed by atoms with Crippen LogP contribution >= 0.6 is 11.3 Å². The molecule has 1 fully saturated rings. The predicted molar refractivity (Wildman–Crippen MR) is 117 cm³/mol. The van der Waals surface area contributed by atoms with Gasteiger partial charge >= 0.3 is 5.97 Å². The van der Waals surface area contributed by atoms with Gasteiger partial charge in [0.1, 0.15) is 5.69 Å². The summed E-state index contributed by atoms with van der Waals surface area (Å²) in [6, 6.07) is 13.9. The molecule has 4 rings (SSSR count). The third kappa shape index (κ3) is 5.04. The summed E-state index contributed by atoms with van der Waals surface area (Å²) in [5.41, 5.74) is 2.51. The number of benzene rings is 1. The quantitative estimate of drug-likeness (QED) is 0.440. The maximum atomic E-state index is 12.1. The summed E-state index contributed by atoms with van der Waals surface area (Å²) in [6.45, 7) is 1.70. The van der Waals surface area contributed by atoms with E-state index in [-0.39, 0.29) is 18.6 Å².